The van der Waals surface area contributed by atoms with Crippen molar-refractivity contribution in [3.8, 4) is 0 Å². The molecule has 2 rings (SSSR count). The minimum atomic E-state index is -0.456. The van der Waals surface area contributed by atoms with Gasteiger partial charge in [-0.25, -0.2) is 0 Å². The number of anilines is 3. The van der Waals surface area contributed by atoms with E-state index in [2.05, 4.69) is 34.3 Å². The fraction of sp³-hybridized carbons (Fsp3) is 0.417. The normalized spacial score (nSPS) is 10.7. The molecule has 31 heavy (non-hydrogen) atoms. The van der Waals surface area contributed by atoms with Crippen LogP contribution in [0.25, 0.3) is 0 Å². The van der Waals surface area contributed by atoms with Crippen molar-refractivity contribution < 1.29 is 9.59 Å². The van der Waals surface area contributed by atoms with E-state index in [0.717, 1.165) is 49.8 Å². The number of hydrogen-bond donors (Lipinski definition) is 3. The highest BCUT2D eigenvalue weighted by Crippen LogP contribution is 2.32. The molecule has 0 aliphatic rings. The second-order valence-corrected chi connectivity index (χ2v) is 7.22. The van der Waals surface area contributed by atoms with Crippen molar-refractivity contribution in [3.63, 3.8) is 0 Å². The lowest BCUT2D eigenvalue weighted by Crippen LogP contribution is -2.34. The van der Waals surface area contributed by atoms with Gasteiger partial charge in [0.25, 0.3) is 11.8 Å². The maximum Gasteiger partial charge on any atom is 0.251 e. The Kier molecular flexibility index (Phi) is 9.34. The van der Waals surface area contributed by atoms with E-state index in [9.17, 15) is 9.59 Å². The lowest BCUT2D eigenvalue weighted by atomic mass is 10.1. The number of benzene rings is 2. The SMILES string of the molecule is CCN(CC)CCNC(=O)c1ccc(Nc2cccc(C(N)=O)c2N(CC)CC)cc1. The summed E-state index contributed by atoms with van der Waals surface area (Å²) in [6.45, 7) is 13.2. The average molecular weight is 426 g/mol. The molecule has 0 saturated heterocycles. The number of hydrogen-bond acceptors (Lipinski definition) is 5. The molecule has 0 saturated carbocycles. The number of carbonyl (C=O) groups is 2. The lowest BCUT2D eigenvalue weighted by Gasteiger charge is -2.26. The number of carbonyl (C=O) groups excluding carboxylic acids is 2. The number of likely N-dealkylation sites (N-methyl/N-ethyl adjacent to an activating group) is 1. The smallest absolute Gasteiger partial charge is 0.251 e. The van der Waals surface area contributed by atoms with Gasteiger partial charge in [0, 0.05) is 37.4 Å². The molecule has 0 aromatic heterocycles. The van der Waals surface area contributed by atoms with Crippen LogP contribution in [0.5, 0.6) is 0 Å². The van der Waals surface area contributed by atoms with Crippen LogP contribution in [0, 0.1) is 0 Å². The number of primary amides is 1. The summed E-state index contributed by atoms with van der Waals surface area (Å²) in [6, 6.07) is 12.8. The van der Waals surface area contributed by atoms with Crippen LogP contribution in [0.1, 0.15) is 48.4 Å². The molecule has 7 nitrogen and oxygen atoms in total. The standard InChI is InChI=1S/C24H35N5O2/c1-5-28(6-2)17-16-26-24(31)18-12-14-19(15-13-18)27-21-11-9-10-20(23(25)30)22(21)29(7-3)8-4/h9-15,27H,5-8,16-17H2,1-4H3,(H2,25,30)(H,26,31). The highest BCUT2D eigenvalue weighted by atomic mass is 16.2. The Hall–Kier alpha value is -3.06. The lowest BCUT2D eigenvalue weighted by molar-refractivity contribution is 0.0947. The van der Waals surface area contributed by atoms with E-state index in [0.29, 0.717) is 17.7 Å². The first kappa shape index (κ1) is 24.2. The van der Waals surface area contributed by atoms with Crippen LogP contribution in [0.3, 0.4) is 0 Å². The zero-order valence-electron chi connectivity index (χ0n) is 19.1. The highest BCUT2D eigenvalue weighted by Gasteiger charge is 2.17. The molecule has 0 bridgehead atoms. The van der Waals surface area contributed by atoms with E-state index in [1.807, 2.05) is 38.1 Å². The zero-order chi connectivity index (χ0) is 22.8. The molecule has 4 N–H and O–H groups in total. The van der Waals surface area contributed by atoms with Crippen LogP contribution >= 0.6 is 0 Å². The second-order valence-electron chi connectivity index (χ2n) is 7.22. The number of nitrogens with one attached hydrogen (secondary N) is 2. The molecule has 0 fully saturated rings. The van der Waals surface area contributed by atoms with Gasteiger partial charge in [-0.1, -0.05) is 19.9 Å². The molecule has 0 aliphatic heterocycles. The summed E-state index contributed by atoms with van der Waals surface area (Å²) in [4.78, 5) is 28.7. The van der Waals surface area contributed by atoms with Crippen molar-refractivity contribution in [3.05, 3.63) is 53.6 Å². The first-order valence-electron chi connectivity index (χ1n) is 11.0. The first-order chi connectivity index (χ1) is 14.9. The maximum absolute atomic E-state index is 12.4. The van der Waals surface area contributed by atoms with E-state index in [1.54, 1.807) is 18.2 Å². The summed E-state index contributed by atoms with van der Waals surface area (Å²) >= 11 is 0. The van der Waals surface area contributed by atoms with Gasteiger partial charge in [-0.2, -0.15) is 0 Å². The van der Waals surface area contributed by atoms with Gasteiger partial charge in [-0.3, -0.25) is 9.59 Å². The summed E-state index contributed by atoms with van der Waals surface area (Å²) in [7, 11) is 0. The third-order valence-electron chi connectivity index (χ3n) is 5.42. The Bertz CT molecular complexity index is 859. The topological polar surface area (TPSA) is 90.7 Å². The molecule has 0 aliphatic carbocycles. The van der Waals surface area contributed by atoms with Gasteiger partial charge in [-0.15, -0.1) is 0 Å². The number of amides is 2. The van der Waals surface area contributed by atoms with Crippen molar-refractivity contribution in [2.45, 2.75) is 27.7 Å². The predicted molar refractivity (Wildman–Crippen MR) is 128 cm³/mol. The van der Waals surface area contributed by atoms with Crippen molar-refractivity contribution >= 4 is 28.9 Å². The predicted octanol–water partition coefficient (Wildman–Crippen LogP) is 3.45. The Morgan fingerprint density at radius 3 is 2.10 bits per heavy atom. The van der Waals surface area contributed by atoms with Gasteiger partial charge < -0.3 is 26.2 Å². The van der Waals surface area contributed by atoms with Crippen LogP contribution in [-0.4, -0.2) is 56.0 Å². The first-order valence-corrected chi connectivity index (χ1v) is 11.0. The number of rotatable bonds is 12. The van der Waals surface area contributed by atoms with Crippen molar-refractivity contribution in [1.29, 1.82) is 0 Å². The minimum absolute atomic E-state index is 0.0849. The fourth-order valence-corrected chi connectivity index (χ4v) is 3.55. The van der Waals surface area contributed by atoms with Gasteiger partial charge in [-0.05, 0) is 63.3 Å². The van der Waals surface area contributed by atoms with Crippen LogP contribution in [-0.2, 0) is 0 Å². The summed E-state index contributed by atoms with van der Waals surface area (Å²) < 4.78 is 0. The van der Waals surface area contributed by atoms with Crippen LogP contribution in [0.15, 0.2) is 42.5 Å². The third kappa shape index (κ3) is 6.46. The Morgan fingerprint density at radius 2 is 1.55 bits per heavy atom. The summed E-state index contributed by atoms with van der Waals surface area (Å²) in [5.74, 6) is -0.541. The Morgan fingerprint density at radius 1 is 0.903 bits per heavy atom. The van der Waals surface area contributed by atoms with Gasteiger partial charge in [0.2, 0.25) is 0 Å². The third-order valence-corrected chi connectivity index (χ3v) is 5.42. The maximum atomic E-state index is 12.4. The molecule has 2 aromatic rings. The van der Waals surface area contributed by atoms with E-state index >= 15 is 0 Å². The quantitative estimate of drug-likeness (QED) is 0.485. The Labute approximate surface area is 185 Å². The van der Waals surface area contributed by atoms with Crippen molar-refractivity contribution in [2.24, 2.45) is 5.73 Å². The number of nitrogens with zero attached hydrogens (tertiary/aromatic N) is 2. The molecule has 0 spiro atoms. The molecule has 0 unspecified atom stereocenters. The molecule has 2 aromatic carbocycles. The van der Waals surface area contributed by atoms with Crippen molar-refractivity contribution in [1.82, 2.24) is 10.2 Å². The van der Waals surface area contributed by atoms with Crippen LogP contribution < -0.4 is 21.3 Å². The summed E-state index contributed by atoms with van der Waals surface area (Å²) in [6.07, 6.45) is 0. The van der Waals surface area contributed by atoms with Gasteiger partial charge in [0.05, 0.1) is 16.9 Å². The molecule has 7 heteroatoms. The molecule has 0 heterocycles. The largest absolute Gasteiger partial charge is 0.370 e. The Balaban J connectivity index is 2.13. The van der Waals surface area contributed by atoms with Gasteiger partial charge in [0.15, 0.2) is 0 Å². The van der Waals surface area contributed by atoms with E-state index in [-0.39, 0.29) is 5.91 Å². The fourth-order valence-electron chi connectivity index (χ4n) is 3.55. The van der Waals surface area contributed by atoms with E-state index in [4.69, 9.17) is 5.73 Å². The molecule has 168 valence electrons. The molecule has 0 radical (unpaired) electrons. The zero-order valence-corrected chi connectivity index (χ0v) is 19.1. The molecular weight excluding hydrogens is 390 g/mol. The monoisotopic (exact) mass is 425 g/mol. The summed E-state index contributed by atoms with van der Waals surface area (Å²) in [5, 5.41) is 6.34. The minimum Gasteiger partial charge on any atom is -0.370 e. The highest BCUT2D eigenvalue weighted by molar-refractivity contribution is 6.02. The molecule has 2 amide bonds. The number of nitrogens with two attached hydrogens (primary N) is 1. The summed E-state index contributed by atoms with van der Waals surface area (Å²) in [5.41, 5.74) is 9.13. The second kappa shape index (κ2) is 12.0. The van der Waals surface area contributed by atoms with Crippen LogP contribution in [0.2, 0.25) is 0 Å². The molecule has 0 atom stereocenters. The molecular formula is C24H35N5O2. The van der Waals surface area contributed by atoms with E-state index in [1.165, 1.54) is 0 Å². The van der Waals surface area contributed by atoms with Gasteiger partial charge in [0.1, 0.15) is 0 Å². The van der Waals surface area contributed by atoms with Crippen molar-refractivity contribution in [2.75, 3.05) is 49.5 Å². The number of para-hydroxylation sites is 1. The average Bonchev–Trinajstić information content (AvgIpc) is 2.78. The van der Waals surface area contributed by atoms with E-state index < -0.39 is 5.91 Å². The van der Waals surface area contributed by atoms with Gasteiger partial charge >= 0.3 is 0 Å². The van der Waals surface area contributed by atoms with Crippen LogP contribution in [0.4, 0.5) is 17.1 Å².